The monoisotopic (exact) mass is 227 g/mol. The van der Waals surface area contributed by atoms with Gasteiger partial charge in [0.05, 0.1) is 10.6 Å². The number of pyridine rings is 1. The van der Waals surface area contributed by atoms with Crippen molar-refractivity contribution >= 4 is 23.4 Å². The molecule has 0 aliphatic rings. The highest BCUT2D eigenvalue weighted by Crippen LogP contribution is 2.13. The summed E-state index contributed by atoms with van der Waals surface area (Å²) < 4.78 is 0. The highest BCUT2D eigenvalue weighted by Gasteiger charge is 2.15. The molecule has 0 fully saturated rings. The second-order valence-corrected chi connectivity index (χ2v) is 3.36. The molecule has 1 aromatic rings. The molecule has 0 aliphatic heterocycles. The Morgan fingerprint density at radius 1 is 1.60 bits per heavy atom. The Morgan fingerprint density at radius 3 is 2.80 bits per heavy atom. The average Bonchev–Trinajstić information content (AvgIpc) is 2.18. The number of nitrogens with two attached hydrogens (primary N) is 1. The molecule has 0 spiro atoms. The summed E-state index contributed by atoms with van der Waals surface area (Å²) in [6.07, 6.45) is 2.79. The van der Waals surface area contributed by atoms with E-state index < -0.39 is 17.9 Å². The fraction of sp³-hybridized carbons (Fsp3) is 0.222. The molecule has 0 saturated carbocycles. The van der Waals surface area contributed by atoms with Gasteiger partial charge < -0.3 is 11.1 Å². The first-order valence-electron chi connectivity index (χ1n) is 4.22. The molecule has 0 radical (unpaired) electrons. The van der Waals surface area contributed by atoms with Crippen molar-refractivity contribution in [3.8, 4) is 0 Å². The van der Waals surface area contributed by atoms with Crippen LogP contribution in [0.5, 0.6) is 0 Å². The summed E-state index contributed by atoms with van der Waals surface area (Å²) in [5.74, 6) is -1.08. The number of nitrogens with one attached hydrogen (secondary N) is 1. The standard InChI is InChI=1S/C9H10ClN3O2/c1-5(8(11)14)13-9(15)6-4-12-3-2-7(6)10/h2-5H,1H3,(H2,11,14)(H,13,15)/t5-/m1/s1. The zero-order valence-corrected chi connectivity index (χ0v) is 8.78. The van der Waals surface area contributed by atoms with Crippen LogP contribution in [-0.2, 0) is 4.79 Å². The van der Waals surface area contributed by atoms with Crippen LogP contribution in [0.1, 0.15) is 17.3 Å². The quantitative estimate of drug-likeness (QED) is 0.781. The van der Waals surface area contributed by atoms with E-state index in [1.807, 2.05) is 0 Å². The summed E-state index contributed by atoms with van der Waals surface area (Å²) in [4.78, 5) is 26.0. The Bertz CT molecular complexity index is 395. The van der Waals surface area contributed by atoms with Gasteiger partial charge >= 0.3 is 0 Å². The van der Waals surface area contributed by atoms with E-state index in [1.165, 1.54) is 25.4 Å². The summed E-state index contributed by atoms with van der Waals surface area (Å²) in [5, 5.41) is 2.68. The van der Waals surface area contributed by atoms with Gasteiger partial charge in [0, 0.05) is 12.4 Å². The molecule has 80 valence electrons. The van der Waals surface area contributed by atoms with Crippen molar-refractivity contribution in [1.29, 1.82) is 0 Å². The first-order chi connectivity index (χ1) is 7.02. The molecule has 0 unspecified atom stereocenters. The molecular weight excluding hydrogens is 218 g/mol. The summed E-state index contributed by atoms with van der Waals surface area (Å²) in [5.41, 5.74) is 5.21. The molecule has 3 N–H and O–H groups in total. The summed E-state index contributed by atoms with van der Waals surface area (Å²) in [6, 6.07) is 0.750. The van der Waals surface area contributed by atoms with Gasteiger partial charge in [0.15, 0.2) is 0 Å². The molecule has 0 bridgehead atoms. The van der Waals surface area contributed by atoms with Crippen molar-refractivity contribution in [2.45, 2.75) is 13.0 Å². The highest BCUT2D eigenvalue weighted by atomic mass is 35.5. The van der Waals surface area contributed by atoms with E-state index in [2.05, 4.69) is 10.3 Å². The Hall–Kier alpha value is -1.62. The predicted molar refractivity (Wildman–Crippen MR) is 55.4 cm³/mol. The molecule has 1 heterocycles. The fourth-order valence-electron chi connectivity index (χ4n) is 0.890. The third kappa shape index (κ3) is 2.92. The lowest BCUT2D eigenvalue weighted by molar-refractivity contribution is -0.119. The summed E-state index contributed by atoms with van der Waals surface area (Å²) in [6.45, 7) is 1.49. The molecule has 6 heteroatoms. The molecule has 1 aromatic heterocycles. The second kappa shape index (κ2) is 4.75. The number of hydrogen-bond acceptors (Lipinski definition) is 3. The van der Waals surface area contributed by atoms with E-state index in [1.54, 1.807) is 0 Å². The van der Waals surface area contributed by atoms with Crippen LogP contribution in [0, 0.1) is 0 Å². The minimum atomic E-state index is -0.742. The minimum Gasteiger partial charge on any atom is -0.368 e. The van der Waals surface area contributed by atoms with Gasteiger partial charge in [0.1, 0.15) is 6.04 Å². The maximum Gasteiger partial charge on any atom is 0.255 e. The second-order valence-electron chi connectivity index (χ2n) is 2.95. The van der Waals surface area contributed by atoms with E-state index in [9.17, 15) is 9.59 Å². The molecule has 0 aromatic carbocycles. The van der Waals surface area contributed by atoms with Gasteiger partial charge in [0.2, 0.25) is 5.91 Å². The van der Waals surface area contributed by atoms with Crippen LogP contribution in [0.25, 0.3) is 0 Å². The number of nitrogens with zero attached hydrogens (tertiary/aromatic N) is 1. The lowest BCUT2D eigenvalue weighted by Crippen LogP contribution is -2.42. The van der Waals surface area contributed by atoms with E-state index >= 15 is 0 Å². The molecule has 0 saturated heterocycles. The summed E-state index contributed by atoms with van der Waals surface area (Å²) in [7, 11) is 0. The molecular formula is C9H10ClN3O2. The number of aromatic nitrogens is 1. The average molecular weight is 228 g/mol. The van der Waals surface area contributed by atoms with Crippen molar-refractivity contribution in [1.82, 2.24) is 10.3 Å². The Morgan fingerprint density at radius 2 is 2.27 bits per heavy atom. The van der Waals surface area contributed by atoms with E-state index in [4.69, 9.17) is 17.3 Å². The van der Waals surface area contributed by atoms with Crippen LogP contribution in [-0.4, -0.2) is 22.8 Å². The van der Waals surface area contributed by atoms with Gasteiger partial charge in [-0.2, -0.15) is 0 Å². The van der Waals surface area contributed by atoms with Crippen molar-refractivity contribution in [2.75, 3.05) is 0 Å². The maximum absolute atomic E-state index is 11.5. The van der Waals surface area contributed by atoms with Crippen LogP contribution in [0.2, 0.25) is 5.02 Å². The van der Waals surface area contributed by atoms with Crippen LogP contribution in [0.3, 0.4) is 0 Å². The van der Waals surface area contributed by atoms with Gasteiger partial charge in [0.25, 0.3) is 5.91 Å². The molecule has 5 nitrogen and oxygen atoms in total. The smallest absolute Gasteiger partial charge is 0.255 e. The van der Waals surface area contributed by atoms with E-state index in [0.717, 1.165) is 0 Å². The van der Waals surface area contributed by atoms with Crippen molar-refractivity contribution < 1.29 is 9.59 Å². The minimum absolute atomic E-state index is 0.215. The van der Waals surface area contributed by atoms with Gasteiger partial charge in [-0.15, -0.1) is 0 Å². The van der Waals surface area contributed by atoms with Crippen molar-refractivity contribution in [2.24, 2.45) is 5.73 Å². The molecule has 1 atom stereocenters. The lowest BCUT2D eigenvalue weighted by Gasteiger charge is -2.10. The number of carbonyl (C=O) groups is 2. The maximum atomic E-state index is 11.5. The van der Waals surface area contributed by atoms with Crippen molar-refractivity contribution in [3.05, 3.63) is 29.0 Å². The zero-order chi connectivity index (χ0) is 11.4. The van der Waals surface area contributed by atoms with E-state index in [-0.39, 0.29) is 10.6 Å². The van der Waals surface area contributed by atoms with E-state index in [0.29, 0.717) is 0 Å². The predicted octanol–water partition coefficient (Wildman–Crippen LogP) is 0.339. The first kappa shape index (κ1) is 11.5. The van der Waals surface area contributed by atoms with Gasteiger partial charge in [-0.3, -0.25) is 14.6 Å². The SMILES string of the molecule is C[C@@H](NC(=O)c1cnccc1Cl)C(N)=O. The number of amides is 2. The molecule has 15 heavy (non-hydrogen) atoms. The number of hydrogen-bond donors (Lipinski definition) is 2. The third-order valence-electron chi connectivity index (χ3n) is 1.79. The normalized spacial score (nSPS) is 11.9. The Labute approximate surface area is 91.6 Å². The molecule has 1 rings (SSSR count). The number of rotatable bonds is 3. The lowest BCUT2D eigenvalue weighted by atomic mass is 10.2. The number of halogens is 1. The first-order valence-corrected chi connectivity index (χ1v) is 4.60. The largest absolute Gasteiger partial charge is 0.368 e. The summed E-state index contributed by atoms with van der Waals surface area (Å²) >= 11 is 5.77. The fourth-order valence-corrected chi connectivity index (χ4v) is 1.08. The van der Waals surface area contributed by atoms with Crippen LogP contribution in [0.4, 0.5) is 0 Å². The molecule has 0 aliphatic carbocycles. The van der Waals surface area contributed by atoms with Crippen LogP contribution in [0.15, 0.2) is 18.5 Å². The highest BCUT2D eigenvalue weighted by molar-refractivity contribution is 6.33. The van der Waals surface area contributed by atoms with Gasteiger partial charge in [-0.05, 0) is 13.0 Å². The van der Waals surface area contributed by atoms with Gasteiger partial charge in [-0.1, -0.05) is 11.6 Å². The Kier molecular flexibility index (Phi) is 3.62. The van der Waals surface area contributed by atoms with Crippen LogP contribution >= 0.6 is 11.6 Å². The zero-order valence-electron chi connectivity index (χ0n) is 8.03. The third-order valence-corrected chi connectivity index (χ3v) is 2.12. The topological polar surface area (TPSA) is 85.1 Å². The number of primary amides is 1. The Balaban J connectivity index is 2.78. The van der Waals surface area contributed by atoms with Crippen molar-refractivity contribution in [3.63, 3.8) is 0 Å². The molecule has 2 amide bonds. The van der Waals surface area contributed by atoms with Crippen LogP contribution < -0.4 is 11.1 Å². The number of carbonyl (C=O) groups excluding carboxylic acids is 2. The van der Waals surface area contributed by atoms with Gasteiger partial charge in [-0.25, -0.2) is 0 Å².